The number of ether oxygens (including phenoxy) is 2. The standard InChI is InChI=1S/C14H19NO4/c1-2-18-11-5-3-4-9-8-10(15)14(13(9)11)19-7-6-12(16)17/h3-5,10,14H,2,6-8,15H2,1H3,(H,16,17). The van der Waals surface area contributed by atoms with Crippen molar-refractivity contribution >= 4 is 5.97 Å². The SMILES string of the molecule is CCOc1cccc2c1C(OCCC(=O)O)C(N)C2. The van der Waals surface area contributed by atoms with Crippen LogP contribution in [-0.4, -0.2) is 30.3 Å². The number of nitrogens with two attached hydrogens (primary N) is 1. The third kappa shape index (κ3) is 3.05. The molecule has 0 aromatic heterocycles. The molecule has 5 nitrogen and oxygen atoms in total. The highest BCUT2D eigenvalue weighted by atomic mass is 16.5. The summed E-state index contributed by atoms with van der Waals surface area (Å²) in [6.07, 6.45) is 0.431. The van der Waals surface area contributed by atoms with E-state index >= 15 is 0 Å². The van der Waals surface area contributed by atoms with Crippen LogP contribution in [0.15, 0.2) is 18.2 Å². The molecule has 2 atom stereocenters. The van der Waals surface area contributed by atoms with Crippen molar-refractivity contribution in [1.82, 2.24) is 0 Å². The second kappa shape index (κ2) is 6.04. The Kier molecular flexibility index (Phi) is 4.39. The Balaban J connectivity index is 2.16. The first kappa shape index (κ1) is 13.8. The minimum atomic E-state index is -0.870. The number of carboxylic acids is 1. The predicted octanol–water partition coefficient (Wildman–Crippen LogP) is 1.50. The number of rotatable bonds is 6. The molecule has 19 heavy (non-hydrogen) atoms. The van der Waals surface area contributed by atoms with Gasteiger partial charge in [0.25, 0.3) is 0 Å². The van der Waals surface area contributed by atoms with E-state index in [4.69, 9.17) is 20.3 Å². The summed E-state index contributed by atoms with van der Waals surface area (Å²) in [5.74, 6) is -0.0850. The number of hydrogen-bond acceptors (Lipinski definition) is 4. The van der Waals surface area contributed by atoms with Crippen molar-refractivity contribution in [3.05, 3.63) is 29.3 Å². The van der Waals surface area contributed by atoms with Gasteiger partial charge in [0.15, 0.2) is 0 Å². The average molecular weight is 265 g/mol. The van der Waals surface area contributed by atoms with Gasteiger partial charge in [0.05, 0.1) is 19.6 Å². The van der Waals surface area contributed by atoms with E-state index in [0.717, 1.165) is 23.3 Å². The third-order valence-electron chi connectivity index (χ3n) is 3.20. The molecular weight excluding hydrogens is 246 g/mol. The maximum atomic E-state index is 10.5. The molecule has 0 heterocycles. The average Bonchev–Trinajstić information content (AvgIpc) is 2.67. The molecule has 1 aliphatic rings. The van der Waals surface area contributed by atoms with Crippen molar-refractivity contribution in [3.63, 3.8) is 0 Å². The topological polar surface area (TPSA) is 81.8 Å². The number of fused-ring (bicyclic) bond motifs is 1. The fourth-order valence-corrected chi connectivity index (χ4v) is 2.43. The summed E-state index contributed by atoms with van der Waals surface area (Å²) in [5, 5.41) is 8.65. The molecule has 0 saturated carbocycles. The van der Waals surface area contributed by atoms with Gasteiger partial charge in [0.1, 0.15) is 11.9 Å². The minimum absolute atomic E-state index is 0.0185. The van der Waals surface area contributed by atoms with Crippen LogP contribution in [0, 0.1) is 0 Å². The van der Waals surface area contributed by atoms with Crippen LogP contribution in [0.25, 0.3) is 0 Å². The Bertz CT molecular complexity index is 461. The first-order valence-electron chi connectivity index (χ1n) is 6.47. The van der Waals surface area contributed by atoms with Crippen molar-refractivity contribution in [2.45, 2.75) is 31.9 Å². The molecule has 1 aromatic rings. The minimum Gasteiger partial charge on any atom is -0.493 e. The van der Waals surface area contributed by atoms with E-state index in [1.54, 1.807) is 0 Å². The Morgan fingerprint density at radius 3 is 3.00 bits per heavy atom. The zero-order valence-corrected chi connectivity index (χ0v) is 11.0. The molecule has 2 unspecified atom stereocenters. The van der Waals surface area contributed by atoms with Crippen LogP contribution in [0.5, 0.6) is 5.75 Å². The molecule has 0 bridgehead atoms. The van der Waals surface area contributed by atoms with Crippen LogP contribution in [-0.2, 0) is 16.0 Å². The number of carbonyl (C=O) groups is 1. The maximum Gasteiger partial charge on any atom is 0.305 e. The summed E-state index contributed by atoms with van der Waals surface area (Å²) in [5.41, 5.74) is 8.18. The van der Waals surface area contributed by atoms with Crippen LogP contribution in [0.4, 0.5) is 0 Å². The predicted molar refractivity (Wildman–Crippen MR) is 70.2 cm³/mol. The quantitative estimate of drug-likeness (QED) is 0.814. The lowest BCUT2D eigenvalue weighted by molar-refractivity contribution is -0.138. The van der Waals surface area contributed by atoms with Crippen molar-refractivity contribution in [2.75, 3.05) is 13.2 Å². The van der Waals surface area contributed by atoms with Crippen LogP contribution in [0.3, 0.4) is 0 Å². The van der Waals surface area contributed by atoms with E-state index in [-0.39, 0.29) is 25.2 Å². The number of carboxylic acid groups (broad SMARTS) is 1. The highest BCUT2D eigenvalue weighted by molar-refractivity contribution is 5.66. The molecule has 3 N–H and O–H groups in total. The molecule has 0 saturated heterocycles. The molecule has 104 valence electrons. The second-order valence-corrected chi connectivity index (χ2v) is 4.57. The molecule has 1 aromatic carbocycles. The van der Waals surface area contributed by atoms with Gasteiger partial charge in [0, 0.05) is 11.6 Å². The molecule has 0 fully saturated rings. The largest absolute Gasteiger partial charge is 0.493 e. The summed E-state index contributed by atoms with van der Waals surface area (Å²) in [6, 6.07) is 5.70. The van der Waals surface area contributed by atoms with E-state index in [9.17, 15) is 4.79 Å². The van der Waals surface area contributed by atoms with E-state index in [0.29, 0.717) is 6.61 Å². The van der Waals surface area contributed by atoms with E-state index in [1.165, 1.54) is 0 Å². The smallest absolute Gasteiger partial charge is 0.305 e. The summed E-state index contributed by atoms with van der Waals surface area (Å²) in [7, 11) is 0. The van der Waals surface area contributed by atoms with Crippen LogP contribution < -0.4 is 10.5 Å². The van der Waals surface area contributed by atoms with Gasteiger partial charge in [-0.25, -0.2) is 0 Å². The Morgan fingerprint density at radius 1 is 1.53 bits per heavy atom. The monoisotopic (exact) mass is 265 g/mol. The Morgan fingerprint density at radius 2 is 2.32 bits per heavy atom. The lowest BCUT2D eigenvalue weighted by atomic mass is 10.1. The van der Waals surface area contributed by atoms with Gasteiger partial charge < -0.3 is 20.3 Å². The van der Waals surface area contributed by atoms with Crippen LogP contribution >= 0.6 is 0 Å². The first-order chi connectivity index (χ1) is 9.13. The fraction of sp³-hybridized carbons (Fsp3) is 0.500. The lowest BCUT2D eigenvalue weighted by Crippen LogP contribution is -2.27. The second-order valence-electron chi connectivity index (χ2n) is 4.57. The van der Waals surface area contributed by atoms with Gasteiger partial charge in [-0.15, -0.1) is 0 Å². The Hall–Kier alpha value is -1.59. The summed E-state index contributed by atoms with van der Waals surface area (Å²) in [4.78, 5) is 10.5. The van der Waals surface area contributed by atoms with Crippen molar-refractivity contribution in [2.24, 2.45) is 5.73 Å². The Labute approximate surface area is 112 Å². The van der Waals surface area contributed by atoms with Crippen LogP contribution in [0.1, 0.15) is 30.6 Å². The number of aliphatic carboxylic acids is 1. The van der Waals surface area contributed by atoms with E-state index in [1.807, 2.05) is 25.1 Å². The van der Waals surface area contributed by atoms with Gasteiger partial charge in [-0.3, -0.25) is 4.79 Å². The summed E-state index contributed by atoms with van der Waals surface area (Å²) >= 11 is 0. The van der Waals surface area contributed by atoms with Gasteiger partial charge in [-0.2, -0.15) is 0 Å². The highest BCUT2D eigenvalue weighted by Crippen LogP contribution is 2.39. The number of hydrogen-bond donors (Lipinski definition) is 2. The number of benzene rings is 1. The molecule has 0 amide bonds. The van der Waals surface area contributed by atoms with Crippen molar-refractivity contribution in [1.29, 1.82) is 0 Å². The molecule has 1 aliphatic carbocycles. The zero-order valence-electron chi connectivity index (χ0n) is 11.0. The van der Waals surface area contributed by atoms with E-state index in [2.05, 4.69) is 0 Å². The summed E-state index contributed by atoms with van der Waals surface area (Å²) in [6.45, 7) is 2.66. The van der Waals surface area contributed by atoms with Gasteiger partial charge in [-0.1, -0.05) is 12.1 Å². The molecular formula is C14H19NO4. The summed E-state index contributed by atoms with van der Waals surface area (Å²) < 4.78 is 11.3. The third-order valence-corrected chi connectivity index (χ3v) is 3.20. The van der Waals surface area contributed by atoms with E-state index < -0.39 is 5.97 Å². The van der Waals surface area contributed by atoms with Gasteiger partial charge >= 0.3 is 5.97 Å². The maximum absolute atomic E-state index is 10.5. The molecule has 2 rings (SSSR count). The first-order valence-corrected chi connectivity index (χ1v) is 6.47. The zero-order chi connectivity index (χ0) is 13.8. The molecule has 0 aliphatic heterocycles. The van der Waals surface area contributed by atoms with Crippen molar-refractivity contribution in [3.8, 4) is 5.75 Å². The molecule has 5 heteroatoms. The van der Waals surface area contributed by atoms with Gasteiger partial charge in [-0.05, 0) is 25.0 Å². The fourth-order valence-electron chi connectivity index (χ4n) is 2.43. The van der Waals surface area contributed by atoms with Crippen molar-refractivity contribution < 1.29 is 19.4 Å². The normalized spacial score (nSPS) is 21.2. The van der Waals surface area contributed by atoms with Gasteiger partial charge in [0.2, 0.25) is 0 Å². The molecule has 0 spiro atoms. The van der Waals surface area contributed by atoms with Crippen LogP contribution in [0.2, 0.25) is 0 Å². The lowest BCUT2D eigenvalue weighted by Gasteiger charge is -2.19. The highest BCUT2D eigenvalue weighted by Gasteiger charge is 2.33. The molecule has 0 radical (unpaired) electrons.